The summed E-state index contributed by atoms with van der Waals surface area (Å²) in [6.07, 6.45) is -0.841. The fourth-order valence-corrected chi connectivity index (χ4v) is 2.36. The lowest BCUT2D eigenvalue weighted by molar-refractivity contribution is -0.160. The third-order valence-corrected chi connectivity index (χ3v) is 3.70. The van der Waals surface area contributed by atoms with Crippen molar-refractivity contribution in [1.29, 1.82) is 0 Å². The molecular formula is C16H22N2O3. The molecule has 21 heavy (non-hydrogen) atoms. The molecule has 1 aromatic carbocycles. The van der Waals surface area contributed by atoms with Crippen LogP contribution in [0.15, 0.2) is 24.3 Å². The van der Waals surface area contributed by atoms with Gasteiger partial charge in [-0.1, -0.05) is 29.8 Å². The molecule has 0 N–H and O–H groups in total. The zero-order valence-corrected chi connectivity index (χ0v) is 12.8. The molecule has 0 spiro atoms. The maximum Gasteiger partial charge on any atom is 0.303 e. The van der Waals surface area contributed by atoms with Crippen LogP contribution in [0.25, 0.3) is 0 Å². The van der Waals surface area contributed by atoms with Gasteiger partial charge in [0.15, 0.2) is 0 Å². The highest BCUT2D eigenvalue weighted by Crippen LogP contribution is 2.22. The average Bonchev–Trinajstić information content (AvgIpc) is 2.46. The molecule has 0 bridgehead atoms. The maximum atomic E-state index is 12.7. The van der Waals surface area contributed by atoms with Crippen molar-refractivity contribution in [3.63, 3.8) is 0 Å². The Morgan fingerprint density at radius 1 is 1.10 bits per heavy atom. The van der Waals surface area contributed by atoms with Crippen LogP contribution in [-0.2, 0) is 14.3 Å². The molecule has 0 aromatic heterocycles. The van der Waals surface area contributed by atoms with E-state index in [4.69, 9.17) is 4.74 Å². The van der Waals surface area contributed by atoms with Crippen LogP contribution >= 0.6 is 0 Å². The van der Waals surface area contributed by atoms with Crippen LogP contribution in [0.2, 0.25) is 0 Å². The van der Waals surface area contributed by atoms with Gasteiger partial charge >= 0.3 is 5.97 Å². The number of nitrogens with zero attached hydrogens (tertiary/aromatic N) is 2. The van der Waals surface area contributed by atoms with Crippen molar-refractivity contribution in [2.75, 3.05) is 33.2 Å². The Morgan fingerprint density at radius 2 is 1.67 bits per heavy atom. The Morgan fingerprint density at radius 3 is 2.19 bits per heavy atom. The summed E-state index contributed by atoms with van der Waals surface area (Å²) in [5.41, 5.74) is 1.83. The molecule has 1 atom stereocenters. The molecule has 1 amide bonds. The smallest absolute Gasteiger partial charge is 0.303 e. The summed E-state index contributed by atoms with van der Waals surface area (Å²) in [5.74, 6) is -0.579. The van der Waals surface area contributed by atoms with Crippen molar-refractivity contribution in [1.82, 2.24) is 9.80 Å². The van der Waals surface area contributed by atoms with Gasteiger partial charge in [0.25, 0.3) is 5.91 Å². The summed E-state index contributed by atoms with van der Waals surface area (Å²) in [5, 5.41) is 0. The summed E-state index contributed by atoms with van der Waals surface area (Å²) in [6.45, 7) is 6.32. The molecule has 1 aliphatic heterocycles. The lowest BCUT2D eigenvalue weighted by Gasteiger charge is -2.34. The first kappa shape index (κ1) is 15.5. The molecule has 0 saturated carbocycles. The minimum atomic E-state index is -0.841. The Hall–Kier alpha value is -1.88. The van der Waals surface area contributed by atoms with Gasteiger partial charge in [0.1, 0.15) is 0 Å². The second-order valence-electron chi connectivity index (χ2n) is 5.53. The third-order valence-electron chi connectivity index (χ3n) is 3.70. The van der Waals surface area contributed by atoms with Gasteiger partial charge in [-0.3, -0.25) is 9.59 Å². The summed E-state index contributed by atoms with van der Waals surface area (Å²) < 4.78 is 5.27. The molecule has 5 nitrogen and oxygen atoms in total. The minimum absolute atomic E-state index is 0.137. The quantitative estimate of drug-likeness (QED) is 0.789. The van der Waals surface area contributed by atoms with E-state index in [0.717, 1.165) is 24.2 Å². The van der Waals surface area contributed by atoms with Gasteiger partial charge < -0.3 is 14.5 Å². The van der Waals surface area contributed by atoms with E-state index in [-0.39, 0.29) is 5.91 Å². The van der Waals surface area contributed by atoms with E-state index in [0.29, 0.717) is 13.1 Å². The standard InChI is InChI=1S/C16H22N2O3/c1-12-4-6-14(7-5-12)15(21-13(2)19)16(20)18-10-8-17(3)9-11-18/h4-7,15H,8-11H2,1-3H3. The van der Waals surface area contributed by atoms with Crippen molar-refractivity contribution in [2.45, 2.75) is 20.0 Å². The number of aryl methyl sites for hydroxylation is 1. The second kappa shape index (κ2) is 6.72. The monoisotopic (exact) mass is 290 g/mol. The topological polar surface area (TPSA) is 49.9 Å². The SMILES string of the molecule is CC(=O)OC(C(=O)N1CCN(C)CC1)c1ccc(C)cc1. The first-order chi connectivity index (χ1) is 9.97. The van der Waals surface area contributed by atoms with Crippen LogP contribution in [0.5, 0.6) is 0 Å². The summed E-state index contributed by atoms with van der Waals surface area (Å²) in [6, 6.07) is 7.53. The highest BCUT2D eigenvalue weighted by atomic mass is 16.5. The van der Waals surface area contributed by atoms with Gasteiger partial charge in [0.05, 0.1) is 0 Å². The first-order valence-electron chi connectivity index (χ1n) is 7.18. The molecule has 1 heterocycles. The van der Waals surface area contributed by atoms with E-state index < -0.39 is 12.1 Å². The van der Waals surface area contributed by atoms with E-state index in [2.05, 4.69) is 4.90 Å². The van der Waals surface area contributed by atoms with Crippen molar-refractivity contribution in [3.05, 3.63) is 35.4 Å². The van der Waals surface area contributed by atoms with Crippen molar-refractivity contribution in [2.24, 2.45) is 0 Å². The predicted octanol–water partition coefficient (Wildman–Crippen LogP) is 1.37. The zero-order chi connectivity index (χ0) is 15.4. The van der Waals surface area contributed by atoms with Gasteiger partial charge in [-0.05, 0) is 14.0 Å². The van der Waals surface area contributed by atoms with Crippen LogP contribution in [0.4, 0.5) is 0 Å². The van der Waals surface area contributed by atoms with Gasteiger partial charge in [-0.2, -0.15) is 0 Å². The number of likely N-dealkylation sites (N-methyl/N-ethyl adjacent to an activating group) is 1. The molecule has 1 aliphatic rings. The Labute approximate surface area is 125 Å². The molecule has 1 unspecified atom stereocenters. The molecule has 1 aromatic rings. The van der Waals surface area contributed by atoms with Gasteiger partial charge in [0, 0.05) is 38.7 Å². The van der Waals surface area contributed by atoms with Crippen LogP contribution in [0, 0.1) is 6.92 Å². The molecule has 5 heteroatoms. The summed E-state index contributed by atoms with van der Waals surface area (Å²) in [7, 11) is 2.03. The number of benzene rings is 1. The number of esters is 1. The molecule has 1 saturated heterocycles. The first-order valence-corrected chi connectivity index (χ1v) is 7.18. The number of piperazine rings is 1. The molecule has 114 valence electrons. The Bertz CT molecular complexity index is 505. The van der Waals surface area contributed by atoms with E-state index in [1.165, 1.54) is 6.92 Å². The van der Waals surface area contributed by atoms with E-state index in [1.807, 2.05) is 38.2 Å². The fraction of sp³-hybridized carbons (Fsp3) is 0.500. The van der Waals surface area contributed by atoms with E-state index >= 15 is 0 Å². The largest absolute Gasteiger partial charge is 0.447 e. The highest BCUT2D eigenvalue weighted by Gasteiger charge is 2.30. The maximum absolute atomic E-state index is 12.7. The zero-order valence-electron chi connectivity index (χ0n) is 12.8. The van der Waals surface area contributed by atoms with E-state index in [9.17, 15) is 9.59 Å². The van der Waals surface area contributed by atoms with Crippen molar-refractivity contribution in [3.8, 4) is 0 Å². The normalized spacial score (nSPS) is 17.4. The van der Waals surface area contributed by atoms with Gasteiger partial charge in [-0.25, -0.2) is 0 Å². The lowest BCUT2D eigenvalue weighted by atomic mass is 10.1. The Kier molecular flexibility index (Phi) is 4.96. The number of ether oxygens (including phenoxy) is 1. The number of hydrogen-bond acceptors (Lipinski definition) is 4. The number of carbonyl (C=O) groups excluding carboxylic acids is 2. The lowest BCUT2D eigenvalue weighted by Crippen LogP contribution is -2.49. The van der Waals surface area contributed by atoms with Crippen LogP contribution in [-0.4, -0.2) is 54.9 Å². The number of amides is 1. The summed E-state index contributed by atoms with van der Waals surface area (Å²) in [4.78, 5) is 27.9. The summed E-state index contributed by atoms with van der Waals surface area (Å²) >= 11 is 0. The van der Waals surface area contributed by atoms with Crippen LogP contribution in [0.1, 0.15) is 24.2 Å². The molecule has 0 aliphatic carbocycles. The minimum Gasteiger partial charge on any atom is -0.447 e. The number of carbonyl (C=O) groups is 2. The van der Waals surface area contributed by atoms with Crippen LogP contribution < -0.4 is 0 Å². The number of rotatable bonds is 3. The average molecular weight is 290 g/mol. The molecule has 2 rings (SSSR count). The van der Waals surface area contributed by atoms with Crippen molar-refractivity contribution < 1.29 is 14.3 Å². The second-order valence-corrected chi connectivity index (χ2v) is 5.53. The molecular weight excluding hydrogens is 268 g/mol. The van der Waals surface area contributed by atoms with Gasteiger partial charge in [-0.15, -0.1) is 0 Å². The van der Waals surface area contributed by atoms with Crippen molar-refractivity contribution >= 4 is 11.9 Å². The highest BCUT2D eigenvalue weighted by molar-refractivity contribution is 5.84. The fourth-order valence-electron chi connectivity index (χ4n) is 2.36. The van der Waals surface area contributed by atoms with Gasteiger partial charge in [0.2, 0.25) is 6.10 Å². The van der Waals surface area contributed by atoms with Crippen LogP contribution in [0.3, 0.4) is 0 Å². The molecule has 0 radical (unpaired) electrons. The Balaban J connectivity index is 2.17. The van der Waals surface area contributed by atoms with E-state index in [1.54, 1.807) is 4.90 Å². The number of hydrogen-bond donors (Lipinski definition) is 0. The molecule has 1 fully saturated rings. The predicted molar refractivity (Wildman–Crippen MR) is 79.8 cm³/mol. The third kappa shape index (κ3) is 4.04.